The molecule has 23 heavy (non-hydrogen) atoms. The molecule has 6 nitrogen and oxygen atoms in total. The van der Waals surface area contributed by atoms with Gasteiger partial charge in [-0.3, -0.25) is 15.2 Å². The number of carbonyl (C=O) groups excluding carboxylic acids is 1. The minimum atomic E-state index is -1.21. The number of nitrogens with one attached hydrogen (secondary N) is 2. The number of thiol groups is 1. The number of pyridine rings is 1. The van der Waals surface area contributed by atoms with Crippen molar-refractivity contribution in [2.24, 2.45) is 5.73 Å². The zero-order valence-corrected chi connectivity index (χ0v) is 13.5. The number of ether oxygens (including phenoxy) is 1. The fraction of sp³-hybridized carbons (Fsp3) is 0.125. The molecule has 1 aromatic carbocycles. The average Bonchev–Trinajstić information content (AvgIpc) is 2.59. The Hall–Kier alpha value is -2.35. The maximum absolute atomic E-state index is 11.9. The summed E-state index contributed by atoms with van der Waals surface area (Å²) in [4.78, 5) is 14.6. The molecule has 0 radical (unpaired) electrons. The molecule has 0 spiro atoms. The molecule has 0 saturated carbocycles. The maximum atomic E-state index is 11.9. The molecule has 1 amide bonds. The fourth-order valence-electron chi connectivity index (χ4n) is 1.71. The summed E-state index contributed by atoms with van der Waals surface area (Å²) in [6.45, 7) is 0. The molecule has 0 saturated heterocycles. The van der Waals surface area contributed by atoms with Gasteiger partial charge in [-0.05, 0) is 35.9 Å². The molecule has 2 rings (SSSR count). The summed E-state index contributed by atoms with van der Waals surface area (Å²) < 4.78 is 5.09. The number of nitrogens with zero attached hydrogens (tertiary/aromatic N) is 1. The Morgan fingerprint density at radius 3 is 2.52 bits per heavy atom. The number of carbonyl (C=O) groups is 1. The van der Waals surface area contributed by atoms with Crippen molar-refractivity contribution in [1.82, 2.24) is 15.8 Å². The molecule has 1 heterocycles. The van der Waals surface area contributed by atoms with Crippen molar-refractivity contribution >= 4 is 24.6 Å². The Morgan fingerprint density at radius 1 is 1.26 bits per heavy atom. The van der Waals surface area contributed by atoms with Gasteiger partial charge in [-0.15, -0.1) is 12.6 Å². The van der Waals surface area contributed by atoms with E-state index in [1.807, 2.05) is 24.3 Å². The van der Waals surface area contributed by atoms with Gasteiger partial charge in [0.1, 0.15) is 10.7 Å². The number of hydrogen-bond acceptors (Lipinski definition) is 6. The smallest absolute Gasteiger partial charge is 0.265 e. The number of methoxy groups -OCH3 is 1. The SMILES string of the molecule is COc1ccc(/C=C/C(N)(S)NNC(=O)c2ccncc2)cc1. The lowest BCUT2D eigenvalue weighted by atomic mass is 10.2. The normalized spacial score (nSPS) is 13.5. The van der Waals surface area contributed by atoms with E-state index in [9.17, 15) is 4.79 Å². The summed E-state index contributed by atoms with van der Waals surface area (Å²) in [5.74, 6) is 0.448. The standard InChI is InChI=1S/C16H18N4O2S/c1-22-14-4-2-12(3-5-14)6-9-16(17,23)20-19-15(21)13-7-10-18-11-8-13/h2-11,20,23H,17H2,1H3,(H,19,21)/b9-6+. The van der Waals surface area contributed by atoms with Crippen molar-refractivity contribution in [3.63, 3.8) is 0 Å². The molecule has 1 atom stereocenters. The lowest BCUT2D eigenvalue weighted by Gasteiger charge is -2.21. The predicted molar refractivity (Wildman–Crippen MR) is 92.8 cm³/mol. The van der Waals surface area contributed by atoms with Crippen LogP contribution in [0.4, 0.5) is 0 Å². The van der Waals surface area contributed by atoms with Crippen molar-refractivity contribution in [3.8, 4) is 5.75 Å². The highest BCUT2D eigenvalue weighted by Gasteiger charge is 2.16. The van der Waals surface area contributed by atoms with E-state index in [1.165, 1.54) is 12.4 Å². The van der Waals surface area contributed by atoms with Crippen LogP contribution >= 0.6 is 12.6 Å². The van der Waals surface area contributed by atoms with Gasteiger partial charge in [0.15, 0.2) is 0 Å². The van der Waals surface area contributed by atoms with Crippen LogP contribution in [-0.2, 0) is 0 Å². The molecular formula is C16H18N4O2S. The number of amides is 1. The number of rotatable bonds is 6. The fourth-order valence-corrected chi connectivity index (χ4v) is 1.84. The maximum Gasteiger partial charge on any atom is 0.265 e. The first-order valence-electron chi connectivity index (χ1n) is 6.82. The van der Waals surface area contributed by atoms with Crippen molar-refractivity contribution < 1.29 is 9.53 Å². The Bertz CT molecular complexity index is 672. The lowest BCUT2D eigenvalue weighted by molar-refractivity contribution is 0.0926. The number of nitrogens with two attached hydrogens (primary N) is 1. The second-order valence-corrected chi connectivity index (χ2v) is 5.49. The number of hydrogen-bond donors (Lipinski definition) is 4. The van der Waals surface area contributed by atoms with Gasteiger partial charge in [-0.2, -0.15) is 0 Å². The summed E-state index contributed by atoms with van der Waals surface area (Å²) in [7, 11) is 1.61. The van der Waals surface area contributed by atoms with E-state index in [0.29, 0.717) is 5.56 Å². The molecule has 0 bridgehead atoms. The molecule has 0 aliphatic rings. The minimum absolute atomic E-state index is 0.325. The van der Waals surface area contributed by atoms with Gasteiger partial charge >= 0.3 is 0 Å². The highest BCUT2D eigenvalue weighted by Crippen LogP contribution is 2.14. The third-order valence-electron chi connectivity index (χ3n) is 2.96. The Labute approximate surface area is 140 Å². The van der Waals surface area contributed by atoms with E-state index >= 15 is 0 Å². The molecule has 1 unspecified atom stereocenters. The van der Waals surface area contributed by atoms with Crippen LogP contribution in [0.3, 0.4) is 0 Å². The predicted octanol–water partition coefficient (Wildman–Crippen LogP) is 1.58. The molecule has 2 aromatic rings. The molecule has 1 aromatic heterocycles. The quantitative estimate of drug-likeness (QED) is 0.367. The molecule has 0 aliphatic carbocycles. The largest absolute Gasteiger partial charge is 0.497 e. The zero-order valence-electron chi connectivity index (χ0n) is 12.6. The van der Waals surface area contributed by atoms with Crippen molar-refractivity contribution in [3.05, 3.63) is 66.0 Å². The average molecular weight is 330 g/mol. The molecule has 7 heteroatoms. The third kappa shape index (κ3) is 5.41. The van der Waals surface area contributed by atoms with E-state index < -0.39 is 4.99 Å². The van der Waals surface area contributed by atoms with Gasteiger partial charge in [-0.25, -0.2) is 5.43 Å². The molecular weight excluding hydrogens is 312 g/mol. The molecule has 0 aliphatic heterocycles. The second kappa shape index (κ2) is 7.77. The van der Waals surface area contributed by atoms with Crippen LogP contribution in [-0.4, -0.2) is 23.0 Å². The zero-order chi connectivity index (χ0) is 16.7. The first-order valence-corrected chi connectivity index (χ1v) is 7.27. The van der Waals surface area contributed by atoms with Crippen LogP contribution in [0, 0.1) is 0 Å². The number of hydrazine groups is 1. The van der Waals surface area contributed by atoms with Gasteiger partial charge in [0.05, 0.1) is 7.11 Å². The Morgan fingerprint density at radius 2 is 1.91 bits per heavy atom. The van der Waals surface area contributed by atoms with Crippen molar-refractivity contribution in [2.75, 3.05) is 7.11 Å². The molecule has 120 valence electrons. The highest BCUT2D eigenvalue weighted by atomic mass is 32.1. The Kier molecular flexibility index (Phi) is 5.75. The Balaban J connectivity index is 1.93. The van der Waals surface area contributed by atoms with Crippen LogP contribution in [0.2, 0.25) is 0 Å². The van der Waals surface area contributed by atoms with Gasteiger partial charge in [0.25, 0.3) is 5.91 Å². The van der Waals surface area contributed by atoms with E-state index in [2.05, 4.69) is 28.5 Å². The van der Waals surface area contributed by atoms with Crippen LogP contribution < -0.4 is 21.3 Å². The summed E-state index contributed by atoms with van der Waals surface area (Å²) in [6.07, 6.45) is 6.49. The van der Waals surface area contributed by atoms with E-state index in [0.717, 1.165) is 11.3 Å². The number of aromatic nitrogens is 1. The molecule has 4 N–H and O–H groups in total. The summed E-state index contributed by atoms with van der Waals surface area (Å²) in [5.41, 5.74) is 12.5. The van der Waals surface area contributed by atoms with E-state index in [-0.39, 0.29) is 5.91 Å². The summed E-state index contributed by atoms with van der Waals surface area (Å²) in [5, 5.41) is 0. The van der Waals surface area contributed by atoms with E-state index in [4.69, 9.17) is 10.5 Å². The van der Waals surface area contributed by atoms with Gasteiger partial charge < -0.3 is 10.5 Å². The summed E-state index contributed by atoms with van der Waals surface area (Å²) in [6, 6.07) is 10.6. The van der Waals surface area contributed by atoms with Crippen molar-refractivity contribution in [2.45, 2.75) is 4.99 Å². The molecule has 0 fully saturated rings. The minimum Gasteiger partial charge on any atom is -0.497 e. The van der Waals surface area contributed by atoms with Crippen LogP contribution in [0.15, 0.2) is 54.9 Å². The van der Waals surface area contributed by atoms with Crippen LogP contribution in [0.1, 0.15) is 15.9 Å². The monoisotopic (exact) mass is 330 g/mol. The lowest BCUT2D eigenvalue weighted by Crippen LogP contribution is -2.55. The second-order valence-electron chi connectivity index (χ2n) is 4.75. The topological polar surface area (TPSA) is 89.3 Å². The number of benzene rings is 1. The first-order chi connectivity index (χ1) is 11.0. The van der Waals surface area contributed by atoms with Gasteiger partial charge in [0, 0.05) is 18.0 Å². The van der Waals surface area contributed by atoms with Gasteiger partial charge in [-0.1, -0.05) is 18.2 Å². The van der Waals surface area contributed by atoms with Crippen molar-refractivity contribution in [1.29, 1.82) is 0 Å². The van der Waals surface area contributed by atoms with Crippen LogP contribution in [0.25, 0.3) is 6.08 Å². The first kappa shape index (κ1) is 17.0. The highest BCUT2D eigenvalue weighted by molar-refractivity contribution is 7.81. The third-order valence-corrected chi connectivity index (χ3v) is 3.23. The van der Waals surface area contributed by atoms with Gasteiger partial charge in [0.2, 0.25) is 0 Å². The summed E-state index contributed by atoms with van der Waals surface area (Å²) >= 11 is 4.27. The van der Waals surface area contributed by atoms with E-state index in [1.54, 1.807) is 31.4 Å². The van der Waals surface area contributed by atoms with Crippen LogP contribution in [0.5, 0.6) is 5.75 Å².